The number of nitrogens with one attached hydrogen (secondary N) is 1. The topological polar surface area (TPSA) is 96.5 Å². The van der Waals surface area contributed by atoms with Gasteiger partial charge in [-0.25, -0.2) is 0 Å². The summed E-state index contributed by atoms with van der Waals surface area (Å²) >= 11 is 6.27. The minimum atomic E-state index is -4.82. The molecule has 1 aromatic heterocycles. The average molecular weight is 470 g/mol. The molecule has 0 amide bonds. The molecule has 1 heterocycles. The van der Waals surface area contributed by atoms with Crippen molar-refractivity contribution in [3.05, 3.63) is 68.6 Å². The van der Waals surface area contributed by atoms with E-state index < -0.39 is 34.8 Å². The van der Waals surface area contributed by atoms with Gasteiger partial charge in [-0.15, -0.1) is 0 Å². The Morgan fingerprint density at radius 3 is 2.53 bits per heavy atom. The smallest absolute Gasteiger partial charge is 0.421 e. The van der Waals surface area contributed by atoms with Crippen molar-refractivity contribution in [2.75, 3.05) is 13.2 Å². The van der Waals surface area contributed by atoms with Crippen LogP contribution in [0.15, 0.2) is 41.2 Å². The lowest BCUT2D eigenvalue weighted by Crippen LogP contribution is -2.22. The van der Waals surface area contributed by atoms with Crippen molar-refractivity contribution in [1.82, 2.24) is 4.98 Å². The lowest BCUT2D eigenvalue weighted by molar-refractivity contribution is -0.138. The average Bonchev–Trinajstić information content (AvgIpc) is 3.04. The van der Waals surface area contributed by atoms with Gasteiger partial charge in [-0.1, -0.05) is 23.7 Å². The number of alkyl halides is 3. The number of aromatic amines is 1. The van der Waals surface area contributed by atoms with Gasteiger partial charge < -0.3 is 14.8 Å². The van der Waals surface area contributed by atoms with E-state index >= 15 is 0 Å². The van der Waals surface area contributed by atoms with Crippen molar-refractivity contribution >= 4 is 28.7 Å². The number of ether oxygens (including phenoxy) is 1. The molecule has 2 N–H and O–H groups in total. The summed E-state index contributed by atoms with van der Waals surface area (Å²) in [4.78, 5) is 38.1. The molecular formula is C22H19ClF3NO5. The van der Waals surface area contributed by atoms with E-state index in [0.717, 1.165) is 6.07 Å². The van der Waals surface area contributed by atoms with Gasteiger partial charge in [0.25, 0.3) is 5.56 Å². The lowest BCUT2D eigenvalue weighted by atomic mass is 9.95. The summed E-state index contributed by atoms with van der Waals surface area (Å²) < 4.78 is 44.4. The quantitative estimate of drug-likeness (QED) is 0.475. The minimum absolute atomic E-state index is 0.0418. The number of Topliss-reactive ketones (excluding diaryl/α,β-unsaturated/α-hetero) is 2. The second kappa shape index (κ2) is 9.70. The van der Waals surface area contributed by atoms with Crippen LogP contribution in [0.2, 0.25) is 5.02 Å². The molecule has 1 atom stereocenters. The van der Waals surface area contributed by atoms with Crippen LogP contribution in [0.4, 0.5) is 13.2 Å². The van der Waals surface area contributed by atoms with Crippen LogP contribution in [-0.4, -0.2) is 34.9 Å². The number of halogens is 4. The number of hydrogen-bond donors (Lipinski definition) is 2. The molecule has 170 valence electrons. The molecule has 1 aliphatic rings. The Bertz CT molecular complexity index is 1120. The molecule has 0 radical (unpaired) electrons. The maximum Gasteiger partial charge on any atom is 0.421 e. The summed E-state index contributed by atoms with van der Waals surface area (Å²) in [5.41, 5.74) is -1.97. The van der Waals surface area contributed by atoms with Crippen molar-refractivity contribution < 1.29 is 32.6 Å². The van der Waals surface area contributed by atoms with E-state index in [0.29, 0.717) is 23.8 Å². The van der Waals surface area contributed by atoms with E-state index in [1.807, 2.05) is 0 Å². The number of aliphatic hydroxyl groups excluding tert-OH is 1. The Kier molecular flexibility index (Phi) is 7.20. The Morgan fingerprint density at radius 1 is 1.22 bits per heavy atom. The zero-order chi connectivity index (χ0) is 23.5. The number of carbonyl (C=O) groups excluding carboxylic acids is 2. The molecule has 0 spiro atoms. The monoisotopic (exact) mass is 469 g/mol. The first-order valence-electron chi connectivity index (χ1n) is 9.75. The molecule has 0 aliphatic heterocycles. The molecule has 0 unspecified atom stereocenters. The number of H-pyrrole nitrogens is 1. The van der Waals surface area contributed by atoms with Crippen LogP contribution < -0.4 is 10.3 Å². The summed E-state index contributed by atoms with van der Waals surface area (Å²) in [7, 11) is 0. The SMILES string of the molecule is O=C1CC[C@@H](/C=C(\c2ccc(OCCCO)c(Cl)c2)c2ccc(C(F)(F)F)c(=O)[nH]2)C1=O. The van der Waals surface area contributed by atoms with Crippen molar-refractivity contribution in [3.8, 4) is 5.75 Å². The molecular weight excluding hydrogens is 451 g/mol. The fraction of sp³-hybridized carbons (Fsp3) is 0.318. The van der Waals surface area contributed by atoms with Gasteiger partial charge in [-0.2, -0.15) is 13.2 Å². The predicted octanol–water partition coefficient (Wildman–Crippen LogP) is 3.79. The first-order valence-corrected chi connectivity index (χ1v) is 10.1. The third-order valence-corrected chi connectivity index (χ3v) is 5.27. The molecule has 1 aliphatic carbocycles. The van der Waals surface area contributed by atoms with Crippen LogP contribution in [0.3, 0.4) is 0 Å². The zero-order valence-corrected chi connectivity index (χ0v) is 17.4. The first kappa shape index (κ1) is 23.7. The Morgan fingerprint density at radius 2 is 1.97 bits per heavy atom. The standard InChI is InChI=1S/C22H19ClF3NO5/c23-16-11-12(3-7-19(16)32-9-1-8-28)14(10-13-2-6-18(29)20(13)30)17-5-4-15(21(31)27-17)22(24,25)26/h3-5,7,10-11,13,28H,1-2,6,8-9H2,(H,27,31)/b14-10+/t13-/m0/s1. The lowest BCUT2D eigenvalue weighted by Gasteiger charge is -2.14. The molecule has 1 saturated carbocycles. The molecule has 0 bridgehead atoms. The number of rotatable bonds is 7. The molecule has 1 aromatic carbocycles. The Labute approximate surface area is 185 Å². The molecule has 0 saturated heterocycles. The molecule has 6 nitrogen and oxygen atoms in total. The number of aromatic nitrogens is 1. The third-order valence-electron chi connectivity index (χ3n) is 4.97. The van der Waals surface area contributed by atoms with Crippen molar-refractivity contribution in [1.29, 1.82) is 0 Å². The maximum atomic E-state index is 13.0. The van der Waals surface area contributed by atoms with Crippen LogP contribution in [0.1, 0.15) is 36.1 Å². The molecule has 32 heavy (non-hydrogen) atoms. The normalized spacial score (nSPS) is 17.2. The van der Waals surface area contributed by atoms with Gasteiger partial charge in [-0.05, 0) is 36.2 Å². The van der Waals surface area contributed by atoms with Gasteiger partial charge in [0.2, 0.25) is 5.78 Å². The van der Waals surface area contributed by atoms with E-state index in [-0.39, 0.29) is 42.3 Å². The predicted molar refractivity (Wildman–Crippen MR) is 111 cm³/mol. The molecule has 3 rings (SSSR count). The van der Waals surface area contributed by atoms with E-state index in [1.54, 1.807) is 6.07 Å². The number of pyridine rings is 1. The number of hydrogen-bond acceptors (Lipinski definition) is 5. The highest BCUT2D eigenvalue weighted by molar-refractivity contribution is 6.40. The van der Waals surface area contributed by atoms with Crippen molar-refractivity contribution in [2.24, 2.45) is 5.92 Å². The van der Waals surface area contributed by atoms with E-state index in [2.05, 4.69) is 4.98 Å². The number of allylic oxidation sites excluding steroid dienone is 1. The zero-order valence-electron chi connectivity index (χ0n) is 16.7. The highest BCUT2D eigenvalue weighted by atomic mass is 35.5. The van der Waals surface area contributed by atoms with Crippen LogP contribution in [0.5, 0.6) is 5.75 Å². The highest BCUT2D eigenvalue weighted by Gasteiger charge is 2.34. The van der Waals surface area contributed by atoms with Gasteiger partial charge in [0.15, 0.2) is 5.78 Å². The second-order valence-electron chi connectivity index (χ2n) is 7.20. The number of aliphatic hydroxyl groups is 1. The van der Waals surface area contributed by atoms with Crippen LogP contribution >= 0.6 is 11.6 Å². The fourth-order valence-electron chi connectivity index (χ4n) is 3.34. The van der Waals surface area contributed by atoms with Crippen molar-refractivity contribution in [2.45, 2.75) is 25.4 Å². The van der Waals surface area contributed by atoms with Gasteiger partial charge in [0.05, 0.1) is 11.6 Å². The van der Waals surface area contributed by atoms with Crippen LogP contribution in [0.25, 0.3) is 5.57 Å². The maximum absolute atomic E-state index is 13.0. The molecule has 2 aromatic rings. The fourth-order valence-corrected chi connectivity index (χ4v) is 3.57. The highest BCUT2D eigenvalue weighted by Crippen LogP contribution is 2.34. The first-order chi connectivity index (χ1) is 15.1. The van der Waals surface area contributed by atoms with Gasteiger partial charge >= 0.3 is 6.18 Å². The number of benzene rings is 1. The van der Waals surface area contributed by atoms with Gasteiger partial charge in [0, 0.05) is 36.6 Å². The van der Waals surface area contributed by atoms with Crippen LogP contribution in [-0.2, 0) is 15.8 Å². The van der Waals surface area contributed by atoms with E-state index in [4.69, 9.17) is 21.4 Å². The van der Waals surface area contributed by atoms with E-state index in [1.165, 1.54) is 18.2 Å². The summed E-state index contributed by atoms with van der Waals surface area (Å²) in [6, 6.07) is 6.35. The summed E-state index contributed by atoms with van der Waals surface area (Å²) in [6.45, 7) is 0.168. The summed E-state index contributed by atoms with van der Waals surface area (Å²) in [5.74, 6) is -1.54. The van der Waals surface area contributed by atoms with Crippen LogP contribution in [0, 0.1) is 5.92 Å². The number of carbonyl (C=O) groups is 2. The molecule has 1 fully saturated rings. The van der Waals surface area contributed by atoms with E-state index in [9.17, 15) is 27.6 Å². The summed E-state index contributed by atoms with van der Waals surface area (Å²) in [5, 5.41) is 9.04. The molecule has 10 heteroatoms. The number of ketones is 2. The largest absolute Gasteiger partial charge is 0.492 e. The third kappa shape index (κ3) is 5.28. The minimum Gasteiger partial charge on any atom is -0.492 e. The Hall–Kier alpha value is -2.91. The second-order valence-corrected chi connectivity index (χ2v) is 7.60. The Balaban J connectivity index is 2.06. The summed E-state index contributed by atoms with van der Waals surface area (Å²) in [6.07, 6.45) is -2.62. The van der Waals surface area contributed by atoms with Crippen molar-refractivity contribution in [3.63, 3.8) is 0 Å². The van der Waals surface area contributed by atoms with Gasteiger partial charge in [-0.3, -0.25) is 14.4 Å². The van der Waals surface area contributed by atoms with Gasteiger partial charge in [0.1, 0.15) is 11.3 Å².